The fourth-order valence-corrected chi connectivity index (χ4v) is 2.81. The topological polar surface area (TPSA) is 57.6 Å². The fourth-order valence-electron chi connectivity index (χ4n) is 2.19. The van der Waals surface area contributed by atoms with Gasteiger partial charge in [-0.1, -0.05) is 31.2 Å². The van der Waals surface area contributed by atoms with Gasteiger partial charge in [-0.2, -0.15) is 0 Å². The van der Waals surface area contributed by atoms with Gasteiger partial charge in [0.15, 0.2) is 0 Å². The summed E-state index contributed by atoms with van der Waals surface area (Å²) in [6.45, 7) is 2.75. The minimum absolute atomic E-state index is 0.0184. The number of benzene rings is 1. The van der Waals surface area contributed by atoms with Crippen molar-refractivity contribution in [1.29, 1.82) is 0 Å². The van der Waals surface area contributed by atoms with Crippen molar-refractivity contribution < 1.29 is 14.7 Å². The summed E-state index contributed by atoms with van der Waals surface area (Å²) in [5.41, 5.74) is 2.43. The molecule has 0 atom stereocenters. The van der Waals surface area contributed by atoms with Crippen LogP contribution in [-0.2, 0) is 22.6 Å². The van der Waals surface area contributed by atoms with Crippen molar-refractivity contribution in [2.45, 2.75) is 38.8 Å². The molecule has 0 radical (unpaired) electrons. The molecule has 0 unspecified atom stereocenters. The summed E-state index contributed by atoms with van der Waals surface area (Å²) in [7, 11) is 0. The Labute approximate surface area is 129 Å². The molecular formula is C16H21NO3S. The van der Waals surface area contributed by atoms with E-state index in [0.717, 1.165) is 24.8 Å². The van der Waals surface area contributed by atoms with Crippen LogP contribution < -0.4 is 0 Å². The van der Waals surface area contributed by atoms with Gasteiger partial charge in [0.25, 0.3) is 0 Å². The van der Waals surface area contributed by atoms with E-state index in [1.165, 1.54) is 17.3 Å². The monoisotopic (exact) mass is 307 g/mol. The summed E-state index contributed by atoms with van der Waals surface area (Å²) >= 11 is 1.17. The van der Waals surface area contributed by atoms with Crippen LogP contribution in [0.4, 0.5) is 0 Å². The summed E-state index contributed by atoms with van der Waals surface area (Å²) in [6.07, 6.45) is 3.13. The minimum atomic E-state index is -0.874. The van der Waals surface area contributed by atoms with Gasteiger partial charge in [0, 0.05) is 12.6 Å². The Balaban J connectivity index is 1.91. The summed E-state index contributed by atoms with van der Waals surface area (Å²) < 4.78 is 0. The van der Waals surface area contributed by atoms with Crippen molar-refractivity contribution in [3.8, 4) is 0 Å². The Morgan fingerprint density at radius 2 is 1.81 bits per heavy atom. The van der Waals surface area contributed by atoms with E-state index in [9.17, 15) is 9.59 Å². The minimum Gasteiger partial charge on any atom is -0.481 e. The molecule has 1 fully saturated rings. The molecule has 0 spiro atoms. The molecule has 1 amide bonds. The van der Waals surface area contributed by atoms with Gasteiger partial charge in [-0.25, -0.2) is 0 Å². The summed E-state index contributed by atoms with van der Waals surface area (Å²) in [5, 5.41) is 8.63. The third kappa shape index (κ3) is 5.08. The number of aliphatic carboxylic acids is 1. The third-order valence-corrected chi connectivity index (χ3v) is 4.45. The largest absolute Gasteiger partial charge is 0.481 e. The first-order valence-corrected chi connectivity index (χ1v) is 8.42. The quantitative estimate of drug-likeness (QED) is 0.802. The number of carboxylic acids is 1. The van der Waals surface area contributed by atoms with Crippen LogP contribution in [0.5, 0.6) is 0 Å². The molecule has 5 heteroatoms. The van der Waals surface area contributed by atoms with E-state index in [2.05, 4.69) is 31.2 Å². The molecule has 0 bridgehead atoms. The second-order valence-electron chi connectivity index (χ2n) is 5.31. The van der Waals surface area contributed by atoms with Crippen LogP contribution in [0.3, 0.4) is 0 Å². The van der Waals surface area contributed by atoms with Crippen molar-refractivity contribution in [1.82, 2.24) is 4.90 Å². The van der Waals surface area contributed by atoms with Crippen LogP contribution in [0.2, 0.25) is 0 Å². The van der Waals surface area contributed by atoms with Gasteiger partial charge >= 0.3 is 5.97 Å². The molecule has 0 aromatic heterocycles. The van der Waals surface area contributed by atoms with Gasteiger partial charge in [0.05, 0.1) is 11.5 Å². The molecule has 0 saturated heterocycles. The second kappa shape index (κ2) is 7.50. The number of carboxylic acid groups (broad SMARTS) is 1. The lowest BCUT2D eigenvalue weighted by molar-refractivity contribution is -0.133. The summed E-state index contributed by atoms with van der Waals surface area (Å²) in [6, 6.07) is 8.69. The first-order valence-electron chi connectivity index (χ1n) is 7.27. The molecule has 4 nitrogen and oxygen atoms in total. The molecule has 114 valence electrons. The highest BCUT2D eigenvalue weighted by Gasteiger charge is 2.32. The van der Waals surface area contributed by atoms with Crippen molar-refractivity contribution in [3.63, 3.8) is 0 Å². The van der Waals surface area contributed by atoms with Crippen molar-refractivity contribution >= 4 is 23.6 Å². The van der Waals surface area contributed by atoms with E-state index in [-0.39, 0.29) is 17.4 Å². The van der Waals surface area contributed by atoms with E-state index < -0.39 is 5.97 Å². The third-order valence-electron chi connectivity index (χ3n) is 3.54. The van der Waals surface area contributed by atoms with Gasteiger partial charge in [-0.05, 0) is 30.4 Å². The van der Waals surface area contributed by atoms with Gasteiger partial charge in [-0.15, -0.1) is 11.8 Å². The Kier molecular flexibility index (Phi) is 5.67. The van der Waals surface area contributed by atoms with Crippen LogP contribution in [0.25, 0.3) is 0 Å². The smallest absolute Gasteiger partial charge is 0.313 e. The average molecular weight is 307 g/mol. The van der Waals surface area contributed by atoms with Crippen LogP contribution in [0, 0.1) is 0 Å². The van der Waals surface area contributed by atoms with Crippen LogP contribution in [0.1, 0.15) is 30.9 Å². The fraction of sp³-hybridized carbons (Fsp3) is 0.500. The predicted molar refractivity (Wildman–Crippen MR) is 84.4 cm³/mol. The van der Waals surface area contributed by atoms with Crippen molar-refractivity contribution in [2.24, 2.45) is 0 Å². The maximum Gasteiger partial charge on any atom is 0.313 e. The van der Waals surface area contributed by atoms with Crippen LogP contribution in [-0.4, -0.2) is 39.4 Å². The first-order chi connectivity index (χ1) is 10.1. The first kappa shape index (κ1) is 15.9. The van der Waals surface area contributed by atoms with Gasteiger partial charge < -0.3 is 10.0 Å². The van der Waals surface area contributed by atoms with Gasteiger partial charge in [0.2, 0.25) is 5.91 Å². The lowest BCUT2D eigenvalue weighted by atomic mass is 10.1. The predicted octanol–water partition coefficient (Wildman–Crippen LogP) is 2.56. The standard InChI is InChI=1S/C16H21NO3S/c1-2-12-3-5-13(6-4-12)9-17(14-7-8-14)15(18)10-21-11-16(19)20/h3-6,14H,2,7-11H2,1H3,(H,19,20). The average Bonchev–Trinajstić information content (AvgIpc) is 3.29. The Hall–Kier alpha value is -1.49. The number of carbonyl (C=O) groups excluding carboxylic acids is 1. The molecule has 0 heterocycles. The molecule has 1 N–H and O–H groups in total. The van der Waals surface area contributed by atoms with E-state index in [4.69, 9.17) is 5.11 Å². The van der Waals surface area contributed by atoms with E-state index in [0.29, 0.717) is 12.6 Å². The molecule has 1 aliphatic carbocycles. The zero-order chi connectivity index (χ0) is 15.2. The van der Waals surface area contributed by atoms with Crippen molar-refractivity contribution in [2.75, 3.05) is 11.5 Å². The summed E-state index contributed by atoms with van der Waals surface area (Å²) in [4.78, 5) is 24.6. The van der Waals surface area contributed by atoms with Gasteiger partial charge in [0.1, 0.15) is 0 Å². The maximum absolute atomic E-state index is 12.2. The summed E-state index contributed by atoms with van der Waals surface area (Å²) in [5.74, 6) is -0.602. The molecule has 0 aliphatic heterocycles. The number of rotatable bonds is 8. The number of nitrogens with zero attached hydrogens (tertiary/aromatic N) is 1. The van der Waals surface area contributed by atoms with E-state index in [1.54, 1.807) is 0 Å². The number of hydrogen-bond acceptors (Lipinski definition) is 3. The molecular weight excluding hydrogens is 286 g/mol. The Morgan fingerprint density at radius 3 is 2.33 bits per heavy atom. The number of aryl methyl sites for hydroxylation is 1. The van der Waals surface area contributed by atoms with Crippen LogP contribution in [0.15, 0.2) is 24.3 Å². The molecule has 1 aromatic carbocycles. The highest BCUT2D eigenvalue weighted by Crippen LogP contribution is 2.29. The molecule has 21 heavy (non-hydrogen) atoms. The zero-order valence-electron chi connectivity index (χ0n) is 12.2. The second-order valence-corrected chi connectivity index (χ2v) is 6.30. The van der Waals surface area contributed by atoms with Crippen molar-refractivity contribution in [3.05, 3.63) is 35.4 Å². The molecule has 2 rings (SSSR count). The Bertz CT molecular complexity index is 497. The molecule has 1 saturated carbocycles. The van der Waals surface area contributed by atoms with E-state index in [1.807, 2.05) is 4.90 Å². The van der Waals surface area contributed by atoms with Crippen LogP contribution >= 0.6 is 11.8 Å². The molecule has 1 aliphatic rings. The zero-order valence-corrected chi connectivity index (χ0v) is 13.1. The maximum atomic E-state index is 12.2. The molecule has 1 aromatic rings. The number of thioether (sulfide) groups is 1. The highest BCUT2D eigenvalue weighted by molar-refractivity contribution is 8.00. The lowest BCUT2D eigenvalue weighted by Crippen LogP contribution is -2.34. The number of amides is 1. The van der Waals surface area contributed by atoms with Gasteiger partial charge in [-0.3, -0.25) is 9.59 Å². The number of carbonyl (C=O) groups is 2. The highest BCUT2D eigenvalue weighted by atomic mass is 32.2. The lowest BCUT2D eigenvalue weighted by Gasteiger charge is -2.22. The Morgan fingerprint density at radius 1 is 1.19 bits per heavy atom. The normalized spacial score (nSPS) is 14.0. The SMILES string of the molecule is CCc1ccc(CN(C(=O)CSCC(=O)O)C2CC2)cc1. The number of hydrogen-bond donors (Lipinski definition) is 1. The van der Waals surface area contributed by atoms with E-state index >= 15 is 0 Å².